The van der Waals surface area contributed by atoms with Crippen molar-refractivity contribution < 1.29 is 13.3 Å². The average Bonchev–Trinajstić information content (AvgIpc) is 2.02. The van der Waals surface area contributed by atoms with Gasteiger partial charge in [-0.05, 0) is 0 Å². The van der Waals surface area contributed by atoms with Crippen LogP contribution in [0, 0.1) is 10.1 Å². The number of nitrogen functional groups attached to an aromatic ring is 1. The smallest absolute Gasteiger partial charge is 0.312 e. The minimum Gasteiger partial charge on any atom is -0.378 e. The quantitative estimate of drug-likeness (QED) is 0.549. The summed E-state index contributed by atoms with van der Waals surface area (Å²) in [5, 5.41) is 10.4. The third-order valence-electron chi connectivity index (χ3n) is 1.50. The van der Waals surface area contributed by atoms with Gasteiger partial charge in [0.1, 0.15) is 0 Å². The van der Waals surface area contributed by atoms with E-state index >= 15 is 0 Å². The molecule has 7 nitrogen and oxygen atoms in total. The number of sulfone groups is 1. The Hall–Kier alpha value is -1.70. The molecule has 14 heavy (non-hydrogen) atoms. The van der Waals surface area contributed by atoms with E-state index in [9.17, 15) is 18.5 Å². The Balaban J connectivity index is 3.42. The Morgan fingerprint density at radius 3 is 2.57 bits per heavy atom. The third-order valence-corrected chi connectivity index (χ3v) is 2.58. The summed E-state index contributed by atoms with van der Waals surface area (Å²) < 4.78 is 22.0. The van der Waals surface area contributed by atoms with E-state index in [2.05, 4.69) is 4.98 Å². The number of pyridine rings is 1. The zero-order valence-corrected chi connectivity index (χ0v) is 7.98. The normalized spacial score (nSPS) is 11.2. The molecule has 0 saturated carbocycles. The summed E-state index contributed by atoms with van der Waals surface area (Å²) >= 11 is 0. The molecule has 0 bridgehead atoms. The highest BCUT2D eigenvalue weighted by molar-refractivity contribution is 7.90. The first-order chi connectivity index (χ1) is 6.32. The van der Waals surface area contributed by atoms with Crippen molar-refractivity contribution in [3.8, 4) is 0 Å². The number of nitrogens with zero attached hydrogens (tertiary/aromatic N) is 2. The molecule has 0 fully saturated rings. The summed E-state index contributed by atoms with van der Waals surface area (Å²) in [7, 11) is -3.50. The summed E-state index contributed by atoms with van der Waals surface area (Å²) in [5.41, 5.74) is 4.68. The number of hydrogen-bond acceptors (Lipinski definition) is 6. The zero-order valence-electron chi connectivity index (χ0n) is 7.17. The van der Waals surface area contributed by atoms with Crippen LogP contribution in [0.15, 0.2) is 17.2 Å². The van der Waals surface area contributed by atoms with Crippen LogP contribution in [0.25, 0.3) is 0 Å². The second-order valence-electron chi connectivity index (χ2n) is 2.60. The summed E-state index contributed by atoms with van der Waals surface area (Å²) in [6.07, 6.45) is 1.92. The maximum atomic E-state index is 11.0. The van der Waals surface area contributed by atoms with E-state index in [-0.39, 0.29) is 10.7 Å². The average molecular weight is 217 g/mol. The number of hydrogen-bond donors (Lipinski definition) is 1. The lowest BCUT2D eigenvalue weighted by molar-refractivity contribution is -0.384. The van der Waals surface area contributed by atoms with Crippen LogP contribution in [0.2, 0.25) is 0 Å². The standard InChI is InChI=1S/C6H7N3O4S/c1-14(12,13)4-2-5(9(10)11)6(7)8-3-4/h2-3H,1H3,(H2,7,8). The predicted octanol–water partition coefficient (Wildman–Crippen LogP) is -0.0245. The lowest BCUT2D eigenvalue weighted by Crippen LogP contribution is -2.03. The van der Waals surface area contributed by atoms with Crippen LogP contribution in [0.4, 0.5) is 11.5 Å². The van der Waals surface area contributed by atoms with Crippen LogP contribution in [-0.2, 0) is 9.84 Å². The Kier molecular flexibility index (Phi) is 2.39. The second kappa shape index (κ2) is 3.22. The fourth-order valence-corrected chi connectivity index (χ4v) is 1.36. The molecular weight excluding hydrogens is 210 g/mol. The maximum absolute atomic E-state index is 11.0. The first-order valence-corrected chi connectivity index (χ1v) is 5.31. The van der Waals surface area contributed by atoms with Gasteiger partial charge in [0.25, 0.3) is 0 Å². The van der Waals surface area contributed by atoms with Gasteiger partial charge < -0.3 is 5.73 Å². The van der Waals surface area contributed by atoms with E-state index < -0.39 is 20.4 Å². The SMILES string of the molecule is CS(=O)(=O)c1cnc(N)c([N+](=O)[O-])c1. The summed E-state index contributed by atoms with van der Waals surface area (Å²) in [4.78, 5) is 12.8. The fraction of sp³-hybridized carbons (Fsp3) is 0.167. The molecular formula is C6H7N3O4S. The number of aromatic nitrogens is 1. The van der Waals surface area contributed by atoms with Crippen LogP contribution in [0.1, 0.15) is 0 Å². The van der Waals surface area contributed by atoms with Crippen molar-refractivity contribution >= 4 is 21.3 Å². The van der Waals surface area contributed by atoms with Gasteiger partial charge in [-0.1, -0.05) is 0 Å². The third kappa shape index (κ3) is 1.96. The Morgan fingerprint density at radius 2 is 2.14 bits per heavy atom. The van der Waals surface area contributed by atoms with Crippen molar-refractivity contribution in [2.45, 2.75) is 4.90 Å². The Bertz CT molecular complexity index is 482. The molecule has 0 spiro atoms. The molecule has 0 aliphatic rings. The van der Waals surface area contributed by atoms with E-state index in [4.69, 9.17) is 5.73 Å². The molecule has 0 amide bonds. The van der Waals surface area contributed by atoms with Crippen molar-refractivity contribution in [2.24, 2.45) is 0 Å². The van der Waals surface area contributed by atoms with Gasteiger partial charge in [0.2, 0.25) is 5.82 Å². The molecule has 76 valence electrons. The maximum Gasteiger partial charge on any atom is 0.312 e. The van der Waals surface area contributed by atoms with Crippen molar-refractivity contribution in [1.82, 2.24) is 4.98 Å². The first-order valence-electron chi connectivity index (χ1n) is 3.42. The highest BCUT2D eigenvalue weighted by Crippen LogP contribution is 2.21. The lowest BCUT2D eigenvalue weighted by Gasteiger charge is -1.99. The molecule has 0 radical (unpaired) electrons. The van der Waals surface area contributed by atoms with Gasteiger partial charge in [-0.15, -0.1) is 0 Å². The van der Waals surface area contributed by atoms with Crippen LogP contribution in [0.5, 0.6) is 0 Å². The number of nitrogens with two attached hydrogens (primary N) is 1. The summed E-state index contributed by atoms with van der Waals surface area (Å²) in [5.74, 6) is -0.303. The van der Waals surface area contributed by atoms with Gasteiger partial charge in [-0.3, -0.25) is 10.1 Å². The van der Waals surface area contributed by atoms with Crippen LogP contribution in [-0.4, -0.2) is 24.6 Å². The predicted molar refractivity (Wildman–Crippen MR) is 48.4 cm³/mol. The van der Waals surface area contributed by atoms with Crippen LogP contribution in [0.3, 0.4) is 0 Å². The van der Waals surface area contributed by atoms with Crippen molar-refractivity contribution in [1.29, 1.82) is 0 Å². The fourth-order valence-electron chi connectivity index (χ4n) is 0.794. The second-order valence-corrected chi connectivity index (χ2v) is 4.62. The van der Waals surface area contributed by atoms with Crippen LogP contribution < -0.4 is 5.73 Å². The minimum atomic E-state index is -3.50. The molecule has 1 aromatic rings. The van der Waals surface area contributed by atoms with E-state index in [1.165, 1.54) is 0 Å². The molecule has 0 aliphatic heterocycles. The molecule has 1 rings (SSSR count). The topological polar surface area (TPSA) is 116 Å². The molecule has 2 N–H and O–H groups in total. The monoisotopic (exact) mass is 217 g/mol. The molecule has 0 atom stereocenters. The van der Waals surface area contributed by atoms with E-state index in [1.54, 1.807) is 0 Å². The van der Waals surface area contributed by atoms with Gasteiger partial charge in [-0.2, -0.15) is 0 Å². The number of anilines is 1. The lowest BCUT2D eigenvalue weighted by atomic mass is 10.4. The van der Waals surface area contributed by atoms with Gasteiger partial charge >= 0.3 is 5.69 Å². The minimum absolute atomic E-state index is 0.224. The zero-order chi connectivity index (χ0) is 10.9. The largest absolute Gasteiger partial charge is 0.378 e. The van der Waals surface area contributed by atoms with Crippen molar-refractivity contribution in [3.05, 3.63) is 22.4 Å². The number of rotatable bonds is 2. The molecule has 1 heterocycles. The van der Waals surface area contributed by atoms with E-state index in [1.807, 2.05) is 0 Å². The first kappa shape index (κ1) is 10.4. The number of nitro groups is 1. The molecule has 0 aliphatic carbocycles. The van der Waals surface area contributed by atoms with Crippen LogP contribution >= 0.6 is 0 Å². The summed E-state index contributed by atoms with van der Waals surface area (Å²) in [6.45, 7) is 0. The van der Waals surface area contributed by atoms with Gasteiger partial charge in [-0.25, -0.2) is 13.4 Å². The molecule has 0 unspecified atom stereocenters. The van der Waals surface area contributed by atoms with Crippen molar-refractivity contribution in [2.75, 3.05) is 12.0 Å². The van der Waals surface area contributed by atoms with Gasteiger partial charge in [0, 0.05) is 18.5 Å². The molecule has 1 aromatic heterocycles. The van der Waals surface area contributed by atoms with Gasteiger partial charge in [0.15, 0.2) is 9.84 Å². The van der Waals surface area contributed by atoms with Crippen molar-refractivity contribution in [3.63, 3.8) is 0 Å². The molecule has 0 saturated heterocycles. The Labute approximate surface area is 79.6 Å². The summed E-state index contributed by atoms with van der Waals surface area (Å²) in [6, 6.07) is 0.887. The molecule has 8 heteroatoms. The van der Waals surface area contributed by atoms with Gasteiger partial charge in [0.05, 0.1) is 9.82 Å². The highest BCUT2D eigenvalue weighted by Gasteiger charge is 2.17. The Morgan fingerprint density at radius 1 is 1.57 bits per heavy atom. The van der Waals surface area contributed by atoms with E-state index in [0.29, 0.717) is 0 Å². The molecule has 0 aromatic carbocycles. The highest BCUT2D eigenvalue weighted by atomic mass is 32.2. The van der Waals surface area contributed by atoms with E-state index in [0.717, 1.165) is 18.5 Å².